The Balaban J connectivity index is 1.66. The first-order valence-corrected chi connectivity index (χ1v) is 11.3. The first-order valence-electron chi connectivity index (χ1n) is 11.3. The Hall–Kier alpha value is -2.11. The summed E-state index contributed by atoms with van der Waals surface area (Å²) in [7, 11) is 0. The van der Waals surface area contributed by atoms with Gasteiger partial charge in [0.2, 0.25) is 0 Å². The van der Waals surface area contributed by atoms with Crippen LogP contribution >= 0.6 is 0 Å². The zero-order chi connectivity index (χ0) is 21.1. The largest absolute Gasteiger partial charge is 0.490 e. The summed E-state index contributed by atoms with van der Waals surface area (Å²) in [6.45, 7) is 9.53. The van der Waals surface area contributed by atoms with E-state index >= 15 is 0 Å². The molecule has 0 saturated carbocycles. The molecular weight excluding hydrogens is 378 g/mol. The number of nitrogens with zero attached hydrogens (tertiary/aromatic N) is 1. The SMILES string of the molecule is CCc1c(OCC2COCCO2)cc(=O)n2c1-c1ccc(CCC(C)C)cc1CC2. The standard InChI is InChI=1S/C25H33NO4/c1-4-21-23(30-16-20-15-28-11-12-29-20)14-24(27)26-10-9-19-13-18(6-5-17(2)3)7-8-22(19)25(21)26/h7-8,13-14,17,20H,4-6,9-12,15-16H2,1-3H3. The van der Waals surface area contributed by atoms with Gasteiger partial charge in [0.1, 0.15) is 18.5 Å². The van der Waals surface area contributed by atoms with Gasteiger partial charge in [-0.1, -0.05) is 39.0 Å². The number of hydrogen-bond donors (Lipinski definition) is 0. The third kappa shape index (κ3) is 4.47. The van der Waals surface area contributed by atoms with Crippen LogP contribution in [0.4, 0.5) is 0 Å². The zero-order valence-electron chi connectivity index (χ0n) is 18.4. The second kappa shape index (κ2) is 9.36. The van der Waals surface area contributed by atoms with Crippen molar-refractivity contribution in [3.63, 3.8) is 0 Å². The van der Waals surface area contributed by atoms with Crippen LogP contribution in [0.2, 0.25) is 0 Å². The van der Waals surface area contributed by atoms with Gasteiger partial charge in [-0.05, 0) is 42.7 Å². The molecular formula is C25H33NO4. The zero-order valence-corrected chi connectivity index (χ0v) is 18.4. The first-order chi connectivity index (χ1) is 14.6. The van der Waals surface area contributed by atoms with Crippen molar-refractivity contribution >= 4 is 0 Å². The molecule has 1 fully saturated rings. The molecule has 4 rings (SSSR count). The first kappa shape index (κ1) is 21.1. The van der Waals surface area contributed by atoms with E-state index in [0.717, 1.165) is 37.1 Å². The van der Waals surface area contributed by atoms with Crippen molar-refractivity contribution in [1.82, 2.24) is 4.57 Å². The molecule has 5 heteroatoms. The molecule has 5 nitrogen and oxygen atoms in total. The van der Waals surface area contributed by atoms with E-state index in [1.54, 1.807) is 6.07 Å². The number of rotatable bonds is 7. The molecule has 2 aliphatic heterocycles. The van der Waals surface area contributed by atoms with Gasteiger partial charge in [0.15, 0.2) is 0 Å². The van der Waals surface area contributed by atoms with Gasteiger partial charge in [0, 0.05) is 23.7 Å². The molecule has 0 spiro atoms. The Labute approximate surface area is 179 Å². The van der Waals surface area contributed by atoms with E-state index in [2.05, 4.69) is 39.0 Å². The Morgan fingerprint density at radius 2 is 2.10 bits per heavy atom. The van der Waals surface area contributed by atoms with Crippen molar-refractivity contribution in [2.75, 3.05) is 26.4 Å². The fourth-order valence-corrected chi connectivity index (χ4v) is 4.41. The van der Waals surface area contributed by atoms with Gasteiger partial charge < -0.3 is 18.8 Å². The number of aryl methyl sites for hydroxylation is 2. The molecule has 1 aromatic heterocycles. The molecule has 0 radical (unpaired) electrons. The van der Waals surface area contributed by atoms with E-state index in [1.165, 1.54) is 23.1 Å². The van der Waals surface area contributed by atoms with E-state index in [4.69, 9.17) is 14.2 Å². The Morgan fingerprint density at radius 1 is 1.23 bits per heavy atom. The van der Waals surface area contributed by atoms with Gasteiger partial charge in [-0.25, -0.2) is 0 Å². The van der Waals surface area contributed by atoms with Crippen molar-refractivity contribution in [2.24, 2.45) is 5.92 Å². The maximum Gasteiger partial charge on any atom is 0.254 e. The maximum atomic E-state index is 12.9. The van der Waals surface area contributed by atoms with Crippen LogP contribution < -0.4 is 10.3 Å². The highest BCUT2D eigenvalue weighted by molar-refractivity contribution is 5.71. The molecule has 1 atom stereocenters. The minimum absolute atomic E-state index is 0.00699. The molecule has 1 aromatic carbocycles. The van der Waals surface area contributed by atoms with Crippen LogP contribution in [0.5, 0.6) is 5.75 Å². The molecule has 3 heterocycles. The Bertz CT molecular complexity index is 941. The van der Waals surface area contributed by atoms with Gasteiger partial charge in [-0.15, -0.1) is 0 Å². The highest BCUT2D eigenvalue weighted by Crippen LogP contribution is 2.36. The lowest BCUT2D eigenvalue weighted by atomic mass is 9.90. The van der Waals surface area contributed by atoms with Crippen molar-refractivity contribution in [1.29, 1.82) is 0 Å². The van der Waals surface area contributed by atoms with Crippen LogP contribution in [-0.4, -0.2) is 37.1 Å². The molecule has 1 saturated heterocycles. The third-order valence-electron chi connectivity index (χ3n) is 6.08. The van der Waals surface area contributed by atoms with Crippen LogP contribution in [0, 0.1) is 5.92 Å². The Kier molecular flexibility index (Phi) is 6.59. The third-order valence-corrected chi connectivity index (χ3v) is 6.08. The van der Waals surface area contributed by atoms with Gasteiger partial charge in [-0.2, -0.15) is 0 Å². The number of benzene rings is 1. The van der Waals surface area contributed by atoms with Gasteiger partial charge in [0.25, 0.3) is 5.56 Å². The summed E-state index contributed by atoms with van der Waals surface area (Å²) in [6, 6.07) is 8.41. The minimum Gasteiger partial charge on any atom is -0.490 e. The molecule has 0 aliphatic carbocycles. The molecule has 1 unspecified atom stereocenters. The lowest BCUT2D eigenvalue weighted by molar-refractivity contribution is -0.101. The van der Waals surface area contributed by atoms with E-state index in [-0.39, 0.29) is 11.7 Å². The number of aromatic nitrogens is 1. The molecule has 0 bridgehead atoms. The number of ether oxygens (including phenoxy) is 3. The monoisotopic (exact) mass is 411 g/mol. The van der Waals surface area contributed by atoms with Crippen molar-refractivity contribution in [2.45, 2.75) is 59.1 Å². The maximum absolute atomic E-state index is 12.9. The van der Waals surface area contributed by atoms with E-state index in [0.29, 0.717) is 38.1 Å². The average molecular weight is 412 g/mol. The number of fused-ring (bicyclic) bond motifs is 3. The molecule has 2 aromatic rings. The van der Waals surface area contributed by atoms with Crippen molar-refractivity contribution < 1.29 is 14.2 Å². The predicted octanol–water partition coefficient (Wildman–Crippen LogP) is 4.02. The quantitative estimate of drug-likeness (QED) is 0.691. The van der Waals surface area contributed by atoms with Crippen LogP contribution in [0.1, 0.15) is 43.9 Å². The lowest BCUT2D eigenvalue weighted by Gasteiger charge is -2.27. The van der Waals surface area contributed by atoms with Gasteiger partial charge in [-0.3, -0.25) is 4.79 Å². The molecule has 30 heavy (non-hydrogen) atoms. The minimum atomic E-state index is -0.0851. The number of hydrogen-bond acceptors (Lipinski definition) is 4. The van der Waals surface area contributed by atoms with Crippen LogP contribution in [-0.2, 0) is 35.3 Å². The Morgan fingerprint density at radius 3 is 2.83 bits per heavy atom. The van der Waals surface area contributed by atoms with Crippen LogP contribution in [0.15, 0.2) is 29.1 Å². The topological polar surface area (TPSA) is 49.7 Å². The summed E-state index contributed by atoms with van der Waals surface area (Å²) in [5, 5.41) is 0. The fourth-order valence-electron chi connectivity index (χ4n) is 4.41. The predicted molar refractivity (Wildman–Crippen MR) is 118 cm³/mol. The fraction of sp³-hybridized carbons (Fsp3) is 0.560. The van der Waals surface area contributed by atoms with Crippen molar-refractivity contribution in [3.05, 3.63) is 51.3 Å². The summed E-state index contributed by atoms with van der Waals surface area (Å²) >= 11 is 0. The molecule has 0 amide bonds. The molecule has 0 N–H and O–H groups in total. The highest BCUT2D eigenvalue weighted by Gasteiger charge is 2.24. The van der Waals surface area contributed by atoms with E-state index < -0.39 is 0 Å². The second-order valence-electron chi connectivity index (χ2n) is 8.73. The van der Waals surface area contributed by atoms with Gasteiger partial charge >= 0.3 is 0 Å². The summed E-state index contributed by atoms with van der Waals surface area (Å²) in [5.41, 5.74) is 6.03. The summed E-state index contributed by atoms with van der Waals surface area (Å²) < 4.78 is 19.2. The number of pyridine rings is 1. The smallest absolute Gasteiger partial charge is 0.254 e. The van der Waals surface area contributed by atoms with Crippen LogP contribution in [0.25, 0.3) is 11.3 Å². The summed E-state index contributed by atoms with van der Waals surface area (Å²) in [4.78, 5) is 12.9. The normalized spacial score (nSPS) is 18.2. The highest BCUT2D eigenvalue weighted by atomic mass is 16.6. The van der Waals surface area contributed by atoms with Crippen molar-refractivity contribution in [3.8, 4) is 17.0 Å². The summed E-state index contributed by atoms with van der Waals surface area (Å²) in [5.74, 6) is 1.38. The molecule has 2 aliphatic rings. The average Bonchev–Trinajstić information content (AvgIpc) is 2.76. The van der Waals surface area contributed by atoms with E-state index in [1.807, 2.05) is 4.57 Å². The summed E-state index contributed by atoms with van der Waals surface area (Å²) in [6.07, 6.45) is 3.92. The molecule has 162 valence electrons. The second-order valence-corrected chi connectivity index (χ2v) is 8.73. The van der Waals surface area contributed by atoms with Gasteiger partial charge in [0.05, 0.1) is 25.5 Å². The van der Waals surface area contributed by atoms with E-state index in [9.17, 15) is 4.79 Å². The van der Waals surface area contributed by atoms with Crippen LogP contribution in [0.3, 0.4) is 0 Å². The lowest BCUT2D eigenvalue weighted by Crippen LogP contribution is -2.34.